The van der Waals surface area contributed by atoms with Gasteiger partial charge in [0.15, 0.2) is 6.10 Å². The van der Waals surface area contributed by atoms with Gasteiger partial charge in [-0.05, 0) is 54.4 Å². The fraction of sp³-hybridized carbons (Fsp3) is 0.533. The Morgan fingerprint density at radius 2 is 2.24 bits per heavy atom. The van der Waals surface area contributed by atoms with Crippen molar-refractivity contribution in [3.8, 4) is 5.75 Å². The second kappa shape index (κ2) is 6.99. The molecule has 1 aliphatic heterocycles. The average Bonchev–Trinajstić information content (AvgIpc) is 2.90. The van der Waals surface area contributed by atoms with E-state index in [1.165, 1.54) is 0 Å². The molecule has 0 spiro atoms. The van der Waals surface area contributed by atoms with Gasteiger partial charge in [0.25, 0.3) is 5.91 Å². The van der Waals surface area contributed by atoms with Gasteiger partial charge in [-0.25, -0.2) is 0 Å². The van der Waals surface area contributed by atoms with E-state index in [4.69, 9.17) is 16.3 Å². The first-order valence-electron chi connectivity index (χ1n) is 6.97. The molecule has 3 unspecified atom stereocenters. The Kier molecular flexibility index (Phi) is 5.52. The number of ether oxygens (including phenoxy) is 1. The molecule has 1 aliphatic rings. The van der Waals surface area contributed by atoms with E-state index < -0.39 is 6.10 Å². The van der Waals surface area contributed by atoms with Crippen LogP contribution in [0.25, 0.3) is 0 Å². The highest BCUT2D eigenvalue weighted by atomic mass is 79.9. The van der Waals surface area contributed by atoms with Crippen molar-refractivity contribution in [1.29, 1.82) is 0 Å². The van der Waals surface area contributed by atoms with Crippen LogP contribution in [0, 0.1) is 5.92 Å². The van der Waals surface area contributed by atoms with Crippen LogP contribution >= 0.6 is 27.5 Å². The number of likely N-dealkylation sites (tertiary alicyclic amines) is 1. The predicted octanol–water partition coefficient (Wildman–Crippen LogP) is 3.10. The molecular weight excluding hydrogens is 358 g/mol. The van der Waals surface area contributed by atoms with Gasteiger partial charge in [-0.1, -0.05) is 11.6 Å². The minimum absolute atomic E-state index is 0.0556. The van der Waals surface area contributed by atoms with E-state index in [0.29, 0.717) is 23.9 Å². The maximum absolute atomic E-state index is 12.4. The molecule has 116 valence electrons. The van der Waals surface area contributed by atoms with Crippen LogP contribution in [-0.4, -0.2) is 41.2 Å². The number of hydrogen-bond donors (Lipinski definition) is 1. The molecule has 1 fully saturated rings. The molecule has 0 radical (unpaired) electrons. The van der Waals surface area contributed by atoms with Gasteiger partial charge in [0, 0.05) is 24.0 Å². The summed E-state index contributed by atoms with van der Waals surface area (Å²) in [6, 6.07) is 5.18. The molecule has 0 aromatic heterocycles. The molecule has 1 saturated heterocycles. The second-order valence-electron chi connectivity index (χ2n) is 5.41. The number of halogens is 2. The quantitative estimate of drug-likeness (QED) is 0.878. The van der Waals surface area contributed by atoms with Crippen molar-refractivity contribution < 1.29 is 14.6 Å². The lowest BCUT2D eigenvalue weighted by Crippen LogP contribution is -2.39. The van der Waals surface area contributed by atoms with Gasteiger partial charge in [-0.2, -0.15) is 0 Å². The Balaban J connectivity index is 1.97. The van der Waals surface area contributed by atoms with E-state index >= 15 is 0 Å². The lowest BCUT2D eigenvalue weighted by atomic mass is 10.0. The van der Waals surface area contributed by atoms with Crippen LogP contribution in [0.2, 0.25) is 5.02 Å². The monoisotopic (exact) mass is 375 g/mol. The molecule has 2 rings (SSSR count). The molecule has 1 N–H and O–H groups in total. The Hall–Kier alpha value is -0.780. The average molecular weight is 377 g/mol. The molecule has 1 aromatic carbocycles. The summed E-state index contributed by atoms with van der Waals surface area (Å²) in [6.07, 6.45) is -0.125. The number of rotatable bonds is 4. The third-order valence-corrected chi connectivity index (χ3v) is 4.62. The Labute approximate surface area is 138 Å². The highest BCUT2D eigenvalue weighted by Crippen LogP contribution is 2.29. The number of carbonyl (C=O) groups is 1. The first-order chi connectivity index (χ1) is 9.88. The number of aliphatic hydroxyl groups is 1. The molecule has 0 aliphatic carbocycles. The first kappa shape index (κ1) is 16.6. The standard InChI is InChI=1S/C15H19BrClNO3/c1-9(19)11-5-6-18(8-11)15(20)10(2)21-14-4-3-12(17)7-13(14)16/h3-4,7,9-11,19H,5-6,8H2,1-2H3. The van der Waals surface area contributed by atoms with Crippen LogP contribution in [-0.2, 0) is 4.79 Å². The molecule has 1 aromatic rings. The highest BCUT2D eigenvalue weighted by molar-refractivity contribution is 9.10. The number of benzene rings is 1. The van der Waals surface area contributed by atoms with E-state index in [1.807, 2.05) is 0 Å². The van der Waals surface area contributed by atoms with Crippen LogP contribution in [0.1, 0.15) is 20.3 Å². The number of aliphatic hydroxyl groups excluding tert-OH is 1. The second-order valence-corrected chi connectivity index (χ2v) is 6.70. The Morgan fingerprint density at radius 3 is 2.81 bits per heavy atom. The largest absolute Gasteiger partial charge is 0.480 e. The van der Waals surface area contributed by atoms with E-state index in [0.717, 1.165) is 10.9 Å². The van der Waals surface area contributed by atoms with Gasteiger partial charge in [0.1, 0.15) is 5.75 Å². The van der Waals surface area contributed by atoms with Gasteiger partial charge in [0.05, 0.1) is 10.6 Å². The molecule has 21 heavy (non-hydrogen) atoms. The van der Waals surface area contributed by atoms with Crippen molar-refractivity contribution in [2.24, 2.45) is 5.92 Å². The topological polar surface area (TPSA) is 49.8 Å². The molecule has 1 amide bonds. The SMILES string of the molecule is CC(Oc1ccc(Cl)cc1Br)C(=O)N1CCC(C(C)O)C1. The zero-order chi connectivity index (χ0) is 15.6. The van der Waals surface area contributed by atoms with Crippen molar-refractivity contribution in [3.05, 3.63) is 27.7 Å². The van der Waals surface area contributed by atoms with Gasteiger partial charge >= 0.3 is 0 Å². The van der Waals surface area contributed by atoms with Crippen molar-refractivity contribution in [2.45, 2.75) is 32.5 Å². The van der Waals surface area contributed by atoms with Gasteiger partial charge in [-0.15, -0.1) is 0 Å². The normalized spacial score (nSPS) is 21.2. The minimum Gasteiger partial charge on any atom is -0.480 e. The number of amides is 1. The maximum atomic E-state index is 12.4. The zero-order valence-electron chi connectivity index (χ0n) is 12.1. The number of nitrogens with zero attached hydrogens (tertiary/aromatic N) is 1. The summed E-state index contributed by atoms with van der Waals surface area (Å²) in [5.74, 6) is 0.690. The molecule has 0 saturated carbocycles. The smallest absolute Gasteiger partial charge is 0.263 e. The third-order valence-electron chi connectivity index (χ3n) is 3.76. The maximum Gasteiger partial charge on any atom is 0.263 e. The zero-order valence-corrected chi connectivity index (χ0v) is 14.4. The lowest BCUT2D eigenvalue weighted by Gasteiger charge is -2.22. The predicted molar refractivity (Wildman–Crippen MR) is 85.6 cm³/mol. The molecule has 4 nitrogen and oxygen atoms in total. The van der Waals surface area contributed by atoms with E-state index in [2.05, 4.69) is 15.9 Å². The van der Waals surface area contributed by atoms with Crippen LogP contribution in [0.3, 0.4) is 0 Å². The summed E-state index contributed by atoms with van der Waals surface area (Å²) in [4.78, 5) is 14.1. The minimum atomic E-state index is -0.574. The summed E-state index contributed by atoms with van der Waals surface area (Å²) >= 11 is 9.25. The van der Waals surface area contributed by atoms with Crippen LogP contribution < -0.4 is 4.74 Å². The third kappa shape index (κ3) is 4.11. The number of hydrogen-bond acceptors (Lipinski definition) is 3. The molecule has 3 atom stereocenters. The fourth-order valence-electron chi connectivity index (χ4n) is 2.45. The van der Waals surface area contributed by atoms with E-state index in [1.54, 1.807) is 36.9 Å². The Morgan fingerprint density at radius 1 is 1.52 bits per heavy atom. The van der Waals surface area contributed by atoms with Crippen LogP contribution in [0.5, 0.6) is 5.75 Å². The summed E-state index contributed by atoms with van der Waals surface area (Å²) in [5.41, 5.74) is 0. The molecule has 0 bridgehead atoms. The van der Waals surface area contributed by atoms with E-state index in [-0.39, 0.29) is 17.9 Å². The first-order valence-corrected chi connectivity index (χ1v) is 8.14. The number of carbonyl (C=O) groups excluding carboxylic acids is 1. The van der Waals surface area contributed by atoms with Crippen molar-refractivity contribution in [1.82, 2.24) is 4.90 Å². The highest BCUT2D eigenvalue weighted by Gasteiger charge is 2.32. The van der Waals surface area contributed by atoms with Crippen LogP contribution in [0.4, 0.5) is 0 Å². The van der Waals surface area contributed by atoms with Crippen molar-refractivity contribution >= 4 is 33.4 Å². The van der Waals surface area contributed by atoms with Gasteiger partial charge in [-0.3, -0.25) is 4.79 Å². The fourth-order valence-corrected chi connectivity index (χ4v) is 3.23. The van der Waals surface area contributed by atoms with Gasteiger partial charge < -0.3 is 14.7 Å². The Bertz CT molecular complexity index is 524. The van der Waals surface area contributed by atoms with Crippen molar-refractivity contribution in [3.63, 3.8) is 0 Å². The summed E-state index contributed by atoms with van der Waals surface area (Å²) in [6.45, 7) is 4.76. The summed E-state index contributed by atoms with van der Waals surface area (Å²) in [7, 11) is 0. The molecule has 6 heteroatoms. The molecule has 1 heterocycles. The summed E-state index contributed by atoms with van der Waals surface area (Å²) in [5, 5.41) is 10.2. The van der Waals surface area contributed by atoms with Crippen LogP contribution in [0.15, 0.2) is 22.7 Å². The lowest BCUT2D eigenvalue weighted by molar-refractivity contribution is -0.137. The van der Waals surface area contributed by atoms with Crippen molar-refractivity contribution in [2.75, 3.05) is 13.1 Å². The van der Waals surface area contributed by atoms with E-state index in [9.17, 15) is 9.90 Å². The molecular formula is C15H19BrClNO3. The van der Waals surface area contributed by atoms with Gasteiger partial charge in [0.2, 0.25) is 0 Å². The summed E-state index contributed by atoms with van der Waals surface area (Å²) < 4.78 is 6.43.